The molecular formula is C19H18FN3O3S. The third-order valence-corrected chi connectivity index (χ3v) is 5.02. The molecule has 3 rings (SSSR count). The minimum atomic E-state index is -0.675. The third kappa shape index (κ3) is 4.72. The molecule has 0 aromatic heterocycles. The lowest BCUT2D eigenvalue weighted by Crippen LogP contribution is -2.35. The molecule has 27 heavy (non-hydrogen) atoms. The van der Waals surface area contributed by atoms with E-state index in [1.165, 1.54) is 34.9 Å². The molecule has 140 valence electrons. The first-order valence-corrected chi connectivity index (χ1v) is 9.23. The summed E-state index contributed by atoms with van der Waals surface area (Å²) in [4.78, 5) is 30.7. The molecule has 1 fully saturated rings. The van der Waals surface area contributed by atoms with Gasteiger partial charge in [-0.25, -0.2) is 9.38 Å². The number of para-hydroxylation sites is 2. The van der Waals surface area contributed by atoms with Gasteiger partial charge in [0.15, 0.2) is 5.17 Å². The Morgan fingerprint density at radius 1 is 1.19 bits per heavy atom. The average molecular weight is 387 g/mol. The van der Waals surface area contributed by atoms with E-state index in [0.29, 0.717) is 10.9 Å². The highest BCUT2D eigenvalue weighted by atomic mass is 32.2. The van der Waals surface area contributed by atoms with Crippen molar-refractivity contribution in [2.75, 3.05) is 18.5 Å². The predicted molar refractivity (Wildman–Crippen MR) is 103 cm³/mol. The van der Waals surface area contributed by atoms with E-state index in [9.17, 15) is 19.1 Å². The Kier molecular flexibility index (Phi) is 6.20. The van der Waals surface area contributed by atoms with Crippen molar-refractivity contribution >= 4 is 40.1 Å². The molecule has 2 N–H and O–H groups in total. The molecular weight excluding hydrogens is 369 g/mol. The summed E-state index contributed by atoms with van der Waals surface area (Å²) in [6.07, 6.45) is -0.117. The van der Waals surface area contributed by atoms with Gasteiger partial charge in [0.25, 0.3) is 0 Å². The van der Waals surface area contributed by atoms with Crippen LogP contribution in [0.4, 0.5) is 15.8 Å². The molecule has 8 heteroatoms. The Labute approximate surface area is 160 Å². The van der Waals surface area contributed by atoms with Gasteiger partial charge in [0, 0.05) is 6.42 Å². The van der Waals surface area contributed by atoms with Crippen molar-refractivity contribution in [3.05, 3.63) is 60.4 Å². The van der Waals surface area contributed by atoms with Crippen LogP contribution in [0.3, 0.4) is 0 Å². The van der Waals surface area contributed by atoms with Crippen molar-refractivity contribution in [2.45, 2.75) is 11.7 Å². The number of amidine groups is 1. The highest BCUT2D eigenvalue weighted by molar-refractivity contribution is 8.15. The Morgan fingerprint density at radius 2 is 1.89 bits per heavy atom. The van der Waals surface area contributed by atoms with Crippen LogP contribution in [0.1, 0.15) is 6.42 Å². The van der Waals surface area contributed by atoms with Crippen LogP contribution in [0.25, 0.3) is 0 Å². The van der Waals surface area contributed by atoms with Crippen molar-refractivity contribution in [3.8, 4) is 0 Å². The highest BCUT2D eigenvalue weighted by Gasteiger charge is 2.38. The fourth-order valence-corrected chi connectivity index (χ4v) is 3.76. The summed E-state index contributed by atoms with van der Waals surface area (Å²) >= 11 is 1.17. The van der Waals surface area contributed by atoms with Gasteiger partial charge in [-0.1, -0.05) is 42.1 Å². The van der Waals surface area contributed by atoms with Crippen LogP contribution in [0, 0.1) is 5.82 Å². The zero-order valence-corrected chi connectivity index (χ0v) is 15.2. The van der Waals surface area contributed by atoms with E-state index < -0.39 is 17.0 Å². The zero-order chi connectivity index (χ0) is 19.2. The zero-order valence-electron chi connectivity index (χ0n) is 14.3. The smallest absolute Gasteiger partial charge is 0.242 e. The first-order valence-electron chi connectivity index (χ1n) is 8.35. The van der Waals surface area contributed by atoms with Gasteiger partial charge < -0.3 is 10.4 Å². The number of nitrogens with zero attached hydrogens (tertiary/aromatic N) is 2. The molecule has 0 aliphatic carbocycles. The van der Waals surface area contributed by atoms with Gasteiger partial charge in [0.1, 0.15) is 11.1 Å². The minimum absolute atomic E-state index is 0.0725. The maximum absolute atomic E-state index is 13.7. The second-order valence-corrected chi connectivity index (χ2v) is 6.95. The van der Waals surface area contributed by atoms with Crippen LogP contribution >= 0.6 is 11.8 Å². The number of hydrogen-bond donors (Lipinski definition) is 2. The van der Waals surface area contributed by atoms with Crippen LogP contribution < -0.4 is 5.32 Å². The number of benzene rings is 2. The van der Waals surface area contributed by atoms with E-state index in [0.717, 1.165) is 0 Å². The van der Waals surface area contributed by atoms with Gasteiger partial charge in [-0.2, -0.15) is 0 Å². The molecule has 0 saturated carbocycles. The van der Waals surface area contributed by atoms with E-state index in [1.54, 1.807) is 18.2 Å². The summed E-state index contributed by atoms with van der Waals surface area (Å²) in [5.41, 5.74) is 0.746. The number of carbonyl (C=O) groups excluding carboxylic acids is 2. The van der Waals surface area contributed by atoms with Crippen molar-refractivity contribution in [1.82, 2.24) is 4.90 Å². The molecule has 1 saturated heterocycles. The van der Waals surface area contributed by atoms with Crippen molar-refractivity contribution in [2.24, 2.45) is 4.99 Å². The molecule has 1 atom stereocenters. The number of halogens is 1. The minimum Gasteiger partial charge on any atom is -0.395 e. The second-order valence-electron chi connectivity index (χ2n) is 5.78. The number of aliphatic imine (C=N–C) groups is 1. The Morgan fingerprint density at radius 3 is 2.59 bits per heavy atom. The molecule has 2 amide bonds. The maximum atomic E-state index is 13.7. The lowest BCUT2D eigenvalue weighted by molar-refractivity contribution is -0.128. The normalized spacial score (nSPS) is 18.1. The molecule has 2 aromatic rings. The van der Waals surface area contributed by atoms with E-state index in [-0.39, 0.29) is 31.2 Å². The fraction of sp³-hybridized carbons (Fsp3) is 0.211. The van der Waals surface area contributed by atoms with Crippen LogP contribution in [-0.4, -0.2) is 45.4 Å². The molecule has 0 bridgehead atoms. The van der Waals surface area contributed by atoms with Crippen LogP contribution in [0.2, 0.25) is 0 Å². The molecule has 2 aromatic carbocycles. The van der Waals surface area contributed by atoms with E-state index in [1.807, 2.05) is 18.2 Å². The number of β-amino-alcohol motifs (C(OH)–C–C–N with tert-alkyl or cyclic N) is 1. The summed E-state index contributed by atoms with van der Waals surface area (Å²) in [7, 11) is 0. The molecule has 0 spiro atoms. The number of anilines is 1. The quantitative estimate of drug-likeness (QED) is 0.799. The van der Waals surface area contributed by atoms with E-state index >= 15 is 0 Å². The molecule has 0 radical (unpaired) electrons. The third-order valence-electron chi connectivity index (χ3n) is 3.84. The monoisotopic (exact) mass is 387 g/mol. The topological polar surface area (TPSA) is 82.0 Å². The molecule has 1 heterocycles. The average Bonchev–Trinajstić information content (AvgIpc) is 2.93. The number of aliphatic hydroxyl groups is 1. The summed E-state index contributed by atoms with van der Waals surface area (Å²) in [5.74, 6) is -1.30. The van der Waals surface area contributed by atoms with Gasteiger partial charge in [0.05, 0.1) is 24.5 Å². The predicted octanol–water partition coefficient (Wildman–Crippen LogP) is 2.78. The first-order chi connectivity index (χ1) is 13.1. The summed E-state index contributed by atoms with van der Waals surface area (Å²) in [5, 5.41) is 11.5. The number of rotatable bonds is 6. The Balaban J connectivity index is 1.72. The molecule has 1 aliphatic rings. The lowest BCUT2D eigenvalue weighted by Gasteiger charge is -2.14. The van der Waals surface area contributed by atoms with Crippen molar-refractivity contribution < 1.29 is 19.1 Å². The van der Waals surface area contributed by atoms with Crippen LogP contribution in [0.5, 0.6) is 0 Å². The number of hydrogen-bond acceptors (Lipinski definition) is 5. The van der Waals surface area contributed by atoms with Crippen molar-refractivity contribution in [3.63, 3.8) is 0 Å². The Bertz CT molecular complexity index is 860. The number of nitrogens with one attached hydrogen (secondary N) is 1. The standard InChI is InChI=1S/C19H18FN3O3S/c20-14-8-4-5-9-15(14)22-17(25)12-16-18(26)23(10-11-24)19(27-16)21-13-6-2-1-3-7-13/h1-9,16,24H,10-12H2,(H,22,25)/t16-/m0/s1. The molecule has 1 aliphatic heterocycles. The SMILES string of the molecule is O=C(C[C@@H]1SC(=Nc2ccccc2)N(CCO)C1=O)Nc1ccccc1F. The summed E-state index contributed by atoms with van der Waals surface area (Å²) < 4.78 is 13.7. The van der Waals surface area contributed by atoms with E-state index in [4.69, 9.17) is 0 Å². The first kappa shape index (κ1) is 19.1. The summed E-state index contributed by atoms with van der Waals surface area (Å²) in [6, 6.07) is 15.0. The number of amides is 2. The van der Waals surface area contributed by atoms with Gasteiger partial charge in [-0.05, 0) is 24.3 Å². The van der Waals surface area contributed by atoms with E-state index in [2.05, 4.69) is 10.3 Å². The van der Waals surface area contributed by atoms with Gasteiger partial charge in [0.2, 0.25) is 11.8 Å². The Hall–Kier alpha value is -2.71. The lowest BCUT2D eigenvalue weighted by atomic mass is 10.2. The summed E-state index contributed by atoms with van der Waals surface area (Å²) in [6.45, 7) is -0.114. The number of carbonyl (C=O) groups is 2. The second kappa shape index (κ2) is 8.79. The molecule has 6 nitrogen and oxygen atoms in total. The van der Waals surface area contributed by atoms with Crippen LogP contribution in [-0.2, 0) is 9.59 Å². The largest absolute Gasteiger partial charge is 0.395 e. The molecule has 0 unspecified atom stereocenters. The van der Waals surface area contributed by atoms with Gasteiger partial charge in [-0.3, -0.25) is 14.5 Å². The fourth-order valence-electron chi connectivity index (χ4n) is 2.58. The number of aliphatic hydroxyl groups excluding tert-OH is 1. The van der Waals surface area contributed by atoms with Crippen molar-refractivity contribution in [1.29, 1.82) is 0 Å². The van der Waals surface area contributed by atoms with Crippen LogP contribution in [0.15, 0.2) is 59.6 Å². The van der Waals surface area contributed by atoms with Gasteiger partial charge >= 0.3 is 0 Å². The maximum Gasteiger partial charge on any atom is 0.242 e. The van der Waals surface area contributed by atoms with Gasteiger partial charge in [-0.15, -0.1) is 0 Å². The highest BCUT2D eigenvalue weighted by Crippen LogP contribution is 2.31. The number of thioether (sulfide) groups is 1.